The van der Waals surface area contributed by atoms with Crippen LogP contribution in [0.25, 0.3) is 0 Å². The van der Waals surface area contributed by atoms with Gasteiger partial charge in [0.2, 0.25) is 0 Å². The summed E-state index contributed by atoms with van der Waals surface area (Å²) in [5.74, 6) is -0.0149. The van der Waals surface area contributed by atoms with Crippen LogP contribution < -0.4 is 5.32 Å². The van der Waals surface area contributed by atoms with E-state index in [-0.39, 0.29) is 11.7 Å². The molecule has 0 aliphatic rings. The third-order valence-electron chi connectivity index (χ3n) is 4.42. The largest absolute Gasteiger partial charge is 0.464 e. The predicted molar refractivity (Wildman–Crippen MR) is 113 cm³/mol. The van der Waals surface area contributed by atoms with Crippen molar-refractivity contribution >= 4 is 29.0 Å². The topological polar surface area (TPSA) is 71.5 Å². The highest BCUT2D eigenvalue weighted by molar-refractivity contribution is 7.09. The Morgan fingerprint density at radius 1 is 1.21 bits per heavy atom. The smallest absolute Gasteiger partial charge is 0.357 e. The molecule has 2 rings (SSSR count). The number of carbonyl (C=O) groups is 2. The average Bonchev–Trinajstić information content (AvgIpc) is 3.15. The molecule has 2 amide bonds. The maximum Gasteiger partial charge on any atom is 0.357 e. The summed E-state index contributed by atoms with van der Waals surface area (Å²) in [6, 6.07) is 7.76. The highest BCUT2D eigenvalue weighted by Gasteiger charge is 2.18. The molecule has 7 heteroatoms. The molecule has 0 atom stereocenters. The molecule has 1 aromatic carbocycles. The number of anilines is 1. The fourth-order valence-corrected chi connectivity index (χ4v) is 3.48. The van der Waals surface area contributed by atoms with E-state index in [2.05, 4.69) is 31.1 Å². The Morgan fingerprint density at radius 2 is 1.93 bits per heavy atom. The zero-order valence-corrected chi connectivity index (χ0v) is 17.8. The van der Waals surface area contributed by atoms with Gasteiger partial charge in [-0.1, -0.05) is 45.7 Å². The van der Waals surface area contributed by atoms with Crippen LogP contribution in [0.1, 0.15) is 67.0 Å². The lowest BCUT2D eigenvalue weighted by atomic mass is 10.0. The lowest BCUT2D eigenvalue weighted by Crippen LogP contribution is -2.35. The number of ether oxygens (including phenoxy) is 1. The van der Waals surface area contributed by atoms with E-state index in [1.54, 1.807) is 10.3 Å². The maximum absolute atomic E-state index is 12.8. The van der Waals surface area contributed by atoms with Crippen molar-refractivity contribution in [2.45, 2.75) is 52.5 Å². The number of unbranched alkanes of at least 4 members (excludes halogenated alkanes) is 2. The van der Waals surface area contributed by atoms with Gasteiger partial charge in [0.1, 0.15) is 5.01 Å². The van der Waals surface area contributed by atoms with E-state index in [1.165, 1.54) is 24.0 Å². The van der Waals surface area contributed by atoms with Crippen molar-refractivity contribution in [1.82, 2.24) is 9.88 Å². The van der Waals surface area contributed by atoms with Crippen LogP contribution in [0.5, 0.6) is 0 Å². The Bertz CT molecular complexity index is 771. The molecule has 0 fully saturated rings. The molecule has 2 aromatic rings. The van der Waals surface area contributed by atoms with Crippen molar-refractivity contribution < 1.29 is 14.3 Å². The van der Waals surface area contributed by atoms with Gasteiger partial charge in [-0.2, -0.15) is 0 Å². The van der Waals surface area contributed by atoms with Crippen LogP contribution in [0.15, 0.2) is 29.6 Å². The molecule has 0 aliphatic carbocycles. The van der Waals surface area contributed by atoms with Crippen LogP contribution >= 0.6 is 11.3 Å². The van der Waals surface area contributed by atoms with E-state index in [9.17, 15) is 9.59 Å². The van der Waals surface area contributed by atoms with Crippen LogP contribution in [0.3, 0.4) is 0 Å². The molecule has 152 valence electrons. The van der Waals surface area contributed by atoms with Gasteiger partial charge in [0, 0.05) is 17.6 Å². The van der Waals surface area contributed by atoms with Crippen LogP contribution in [0.2, 0.25) is 0 Å². The third kappa shape index (κ3) is 6.34. The quantitative estimate of drug-likeness (QED) is 0.457. The standard InChI is InChI=1S/C21H29N3O3S/c1-5-6-7-12-24(13-19-23-18(14-28-19)20(25)27-4)21(26)22-17-10-8-16(9-11-17)15(2)3/h8-11,14-15H,5-7,12-13H2,1-4H3,(H,22,26). The second kappa shape index (κ2) is 10.8. The first kappa shape index (κ1) is 21.9. The summed E-state index contributed by atoms with van der Waals surface area (Å²) in [4.78, 5) is 30.5. The summed E-state index contributed by atoms with van der Waals surface area (Å²) < 4.78 is 4.70. The Kier molecular flexibility index (Phi) is 8.44. The van der Waals surface area contributed by atoms with Gasteiger partial charge in [-0.15, -0.1) is 11.3 Å². The molecule has 0 unspecified atom stereocenters. The normalized spacial score (nSPS) is 10.8. The third-order valence-corrected chi connectivity index (χ3v) is 5.25. The zero-order chi connectivity index (χ0) is 20.5. The first-order valence-corrected chi connectivity index (χ1v) is 10.5. The molecule has 28 heavy (non-hydrogen) atoms. The summed E-state index contributed by atoms with van der Waals surface area (Å²) in [5.41, 5.74) is 2.28. The Labute approximate surface area is 170 Å². The van der Waals surface area contributed by atoms with E-state index in [1.807, 2.05) is 24.3 Å². The molecule has 1 N–H and O–H groups in total. The van der Waals surface area contributed by atoms with Crippen molar-refractivity contribution in [3.63, 3.8) is 0 Å². The Morgan fingerprint density at radius 3 is 2.54 bits per heavy atom. The van der Waals surface area contributed by atoms with E-state index in [0.29, 0.717) is 24.0 Å². The first-order chi connectivity index (χ1) is 13.4. The van der Waals surface area contributed by atoms with Gasteiger partial charge < -0.3 is 15.0 Å². The van der Waals surface area contributed by atoms with Crippen molar-refractivity contribution in [2.24, 2.45) is 0 Å². The number of esters is 1. The minimum atomic E-state index is -0.463. The van der Waals surface area contributed by atoms with Gasteiger partial charge in [-0.3, -0.25) is 0 Å². The number of rotatable bonds is 9. The molecule has 6 nitrogen and oxygen atoms in total. The number of amides is 2. The first-order valence-electron chi connectivity index (χ1n) is 9.63. The van der Waals surface area contributed by atoms with Gasteiger partial charge >= 0.3 is 12.0 Å². The molecule has 0 spiro atoms. The number of nitrogens with one attached hydrogen (secondary N) is 1. The number of nitrogens with zero attached hydrogens (tertiary/aromatic N) is 2. The van der Waals surface area contributed by atoms with E-state index < -0.39 is 5.97 Å². The minimum Gasteiger partial charge on any atom is -0.464 e. The fourth-order valence-electron chi connectivity index (χ4n) is 2.70. The van der Waals surface area contributed by atoms with E-state index in [4.69, 9.17) is 4.74 Å². The molecule has 0 aliphatic heterocycles. The van der Waals surface area contributed by atoms with Crippen molar-refractivity contribution in [2.75, 3.05) is 19.0 Å². The van der Waals surface area contributed by atoms with Gasteiger partial charge in [0.05, 0.1) is 13.7 Å². The van der Waals surface area contributed by atoms with Crippen molar-refractivity contribution in [3.05, 3.63) is 45.9 Å². The molecular weight excluding hydrogens is 374 g/mol. The Hall–Kier alpha value is -2.41. The second-order valence-corrected chi connectivity index (χ2v) is 7.90. The van der Waals surface area contributed by atoms with Crippen LogP contribution in [0, 0.1) is 0 Å². The van der Waals surface area contributed by atoms with Crippen molar-refractivity contribution in [1.29, 1.82) is 0 Å². The van der Waals surface area contributed by atoms with Gasteiger partial charge in [-0.25, -0.2) is 14.6 Å². The summed E-state index contributed by atoms with van der Waals surface area (Å²) in [5, 5.41) is 5.34. The molecule has 1 heterocycles. The average molecular weight is 404 g/mol. The number of benzene rings is 1. The summed E-state index contributed by atoms with van der Waals surface area (Å²) in [6.07, 6.45) is 3.06. The van der Waals surface area contributed by atoms with Crippen LogP contribution in [0.4, 0.5) is 10.5 Å². The van der Waals surface area contributed by atoms with E-state index >= 15 is 0 Å². The number of urea groups is 1. The molecule has 0 saturated carbocycles. The number of hydrogen-bond donors (Lipinski definition) is 1. The Balaban J connectivity index is 2.06. The van der Waals surface area contributed by atoms with E-state index in [0.717, 1.165) is 24.9 Å². The monoisotopic (exact) mass is 403 g/mol. The summed E-state index contributed by atoms with van der Waals surface area (Å²) in [6.45, 7) is 7.40. The lowest BCUT2D eigenvalue weighted by molar-refractivity contribution is 0.0594. The molecular formula is C21H29N3O3S. The number of thiazole rings is 1. The lowest BCUT2D eigenvalue weighted by Gasteiger charge is -2.22. The second-order valence-electron chi connectivity index (χ2n) is 6.95. The highest BCUT2D eigenvalue weighted by atomic mass is 32.1. The SMILES string of the molecule is CCCCCN(Cc1nc(C(=O)OC)cs1)C(=O)Nc1ccc(C(C)C)cc1. The number of methoxy groups -OCH3 is 1. The molecule has 0 radical (unpaired) electrons. The maximum atomic E-state index is 12.8. The summed E-state index contributed by atoms with van der Waals surface area (Å²) in [7, 11) is 1.33. The van der Waals surface area contributed by atoms with Gasteiger partial charge in [0.25, 0.3) is 0 Å². The minimum absolute atomic E-state index is 0.164. The molecule has 1 aromatic heterocycles. The number of carbonyl (C=O) groups excluding carboxylic acids is 2. The van der Waals surface area contributed by atoms with Crippen LogP contribution in [-0.2, 0) is 11.3 Å². The zero-order valence-electron chi connectivity index (χ0n) is 17.0. The van der Waals surface area contributed by atoms with Crippen LogP contribution in [-0.4, -0.2) is 35.5 Å². The van der Waals surface area contributed by atoms with Gasteiger partial charge in [-0.05, 0) is 30.0 Å². The summed E-state index contributed by atoms with van der Waals surface area (Å²) >= 11 is 1.36. The number of aromatic nitrogens is 1. The van der Waals surface area contributed by atoms with Crippen molar-refractivity contribution in [3.8, 4) is 0 Å². The fraction of sp³-hybridized carbons (Fsp3) is 0.476. The molecule has 0 bridgehead atoms. The highest BCUT2D eigenvalue weighted by Crippen LogP contribution is 2.19. The molecule has 0 saturated heterocycles. The number of hydrogen-bond acceptors (Lipinski definition) is 5. The predicted octanol–water partition coefficient (Wildman–Crippen LogP) is 5.28. The van der Waals surface area contributed by atoms with Gasteiger partial charge in [0.15, 0.2) is 5.69 Å².